The quantitative estimate of drug-likeness (QED) is 0.757. The number of rotatable bonds is 2. The predicted octanol–water partition coefficient (Wildman–Crippen LogP) is 2.38. The number of aromatic amines is 1. The molecule has 1 fully saturated rings. The third kappa shape index (κ3) is 1.25. The topological polar surface area (TPSA) is 40.7 Å². The minimum atomic E-state index is 0.621. The summed E-state index contributed by atoms with van der Waals surface area (Å²) in [6.45, 7) is 2.25. The molecule has 0 radical (unpaired) electrons. The summed E-state index contributed by atoms with van der Waals surface area (Å²) >= 11 is 0. The fourth-order valence-corrected chi connectivity index (χ4v) is 1.72. The van der Waals surface area contributed by atoms with Gasteiger partial charge in [-0.05, 0) is 24.5 Å². The molecule has 2 N–H and O–H groups in total. The molecule has 1 saturated carbocycles. The third-order valence-corrected chi connectivity index (χ3v) is 2.82. The standard InChI is InChI=1S/C11H13N3/c1-7-6-10(7)14-11-12-8-4-2-3-5-9(8)13-11/h2-5,7,10H,6H2,1H3,(H2,12,13,14). The van der Waals surface area contributed by atoms with Gasteiger partial charge >= 0.3 is 0 Å². The smallest absolute Gasteiger partial charge is 0.201 e. The number of fused-ring (bicyclic) bond motifs is 1. The molecule has 72 valence electrons. The lowest BCUT2D eigenvalue weighted by atomic mass is 10.3. The molecule has 0 aliphatic heterocycles. The summed E-state index contributed by atoms with van der Waals surface area (Å²) in [5.74, 6) is 1.70. The van der Waals surface area contributed by atoms with E-state index in [0.717, 1.165) is 22.9 Å². The van der Waals surface area contributed by atoms with Crippen LogP contribution in [0.2, 0.25) is 0 Å². The van der Waals surface area contributed by atoms with Crippen molar-refractivity contribution in [2.45, 2.75) is 19.4 Å². The Morgan fingerprint density at radius 1 is 1.43 bits per heavy atom. The summed E-state index contributed by atoms with van der Waals surface area (Å²) in [6.07, 6.45) is 1.26. The van der Waals surface area contributed by atoms with Crippen molar-refractivity contribution in [2.24, 2.45) is 5.92 Å². The molecular weight excluding hydrogens is 174 g/mol. The summed E-state index contributed by atoms with van der Waals surface area (Å²) in [5, 5.41) is 3.39. The molecule has 1 aromatic heterocycles. The molecule has 0 saturated heterocycles. The first kappa shape index (κ1) is 7.85. The maximum atomic E-state index is 4.46. The van der Waals surface area contributed by atoms with Gasteiger partial charge in [0.2, 0.25) is 5.95 Å². The Balaban J connectivity index is 1.90. The average molecular weight is 187 g/mol. The molecule has 2 unspecified atom stereocenters. The minimum Gasteiger partial charge on any atom is -0.353 e. The van der Waals surface area contributed by atoms with Crippen LogP contribution in [0.25, 0.3) is 11.0 Å². The van der Waals surface area contributed by atoms with Crippen LogP contribution in [0.1, 0.15) is 13.3 Å². The largest absolute Gasteiger partial charge is 0.353 e. The molecule has 3 heteroatoms. The number of nitrogens with zero attached hydrogens (tertiary/aromatic N) is 1. The van der Waals surface area contributed by atoms with E-state index in [2.05, 4.69) is 22.2 Å². The number of benzene rings is 1. The van der Waals surface area contributed by atoms with Crippen LogP contribution >= 0.6 is 0 Å². The van der Waals surface area contributed by atoms with Crippen molar-refractivity contribution in [1.29, 1.82) is 0 Å². The van der Waals surface area contributed by atoms with Gasteiger partial charge in [0.25, 0.3) is 0 Å². The van der Waals surface area contributed by atoms with Gasteiger partial charge in [0.05, 0.1) is 11.0 Å². The van der Waals surface area contributed by atoms with Crippen LogP contribution in [0.15, 0.2) is 24.3 Å². The van der Waals surface area contributed by atoms with Crippen molar-refractivity contribution < 1.29 is 0 Å². The van der Waals surface area contributed by atoms with E-state index in [1.54, 1.807) is 0 Å². The number of hydrogen-bond acceptors (Lipinski definition) is 2. The Morgan fingerprint density at radius 3 is 2.93 bits per heavy atom. The molecule has 14 heavy (non-hydrogen) atoms. The summed E-state index contributed by atoms with van der Waals surface area (Å²) in [5.41, 5.74) is 2.13. The van der Waals surface area contributed by atoms with Gasteiger partial charge in [0.1, 0.15) is 0 Å². The molecule has 1 aliphatic carbocycles. The molecule has 0 spiro atoms. The van der Waals surface area contributed by atoms with Crippen LogP contribution < -0.4 is 5.32 Å². The predicted molar refractivity (Wildman–Crippen MR) is 57.3 cm³/mol. The molecule has 3 rings (SSSR count). The van der Waals surface area contributed by atoms with Gasteiger partial charge in [-0.1, -0.05) is 19.1 Å². The van der Waals surface area contributed by atoms with E-state index in [1.165, 1.54) is 6.42 Å². The van der Waals surface area contributed by atoms with Crippen LogP contribution in [0.5, 0.6) is 0 Å². The Kier molecular flexibility index (Phi) is 1.54. The third-order valence-electron chi connectivity index (χ3n) is 2.82. The number of anilines is 1. The first-order chi connectivity index (χ1) is 6.83. The molecule has 1 aliphatic rings. The van der Waals surface area contributed by atoms with Crippen molar-refractivity contribution in [2.75, 3.05) is 5.32 Å². The molecule has 1 aromatic carbocycles. The Morgan fingerprint density at radius 2 is 2.21 bits per heavy atom. The molecular formula is C11H13N3. The molecule has 2 aromatic rings. The monoisotopic (exact) mass is 187 g/mol. The summed E-state index contributed by atoms with van der Waals surface area (Å²) in [4.78, 5) is 7.73. The maximum Gasteiger partial charge on any atom is 0.201 e. The Bertz CT molecular complexity index is 427. The number of H-pyrrole nitrogens is 1. The van der Waals surface area contributed by atoms with Crippen LogP contribution in [-0.2, 0) is 0 Å². The van der Waals surface area contributed by atoms with Gasteiger partial charge < -0.3 is 10.3 Å². The second-order valence-corrected chi connectivity index (χ2v) is 4.07. The average Bonchev–Trinajstić information content (AvgIpc) is 2.74. The lowest BCUT2D eigenvalue weighted by Gasteiger charge is -1.97. The van der Waals surface area contributed by atoms with E-state index < -0.39 is 0 Å². The highest BCUT2D eigenvalue weighted by Gasteiger charge is 2.32. The van der Waals surface area contributed by atoms with Crippen LogP contribution in [0, 0.1) is 5.92 Å². The highest BCUT2D eigenvalue weighted by atomic mass is 15.1. The first-order valence-electron chi connectivity index (χ1n) is 5.04. The number of nitrogens with one attached hydrogen (secondary N) is 2. The van der Waals surface area contributed by atoms with Gasteiger partial charge in [-0.25, -0.2) is 4.98 Å². The highest BCUT2D eigenvalue weighted by molar-refractivity contribution is 5.77. The van der Waals surface area contributed by atoms with E-state index in [4.69, 9.17) is 0 Å². The van der Waals surface area contributed by atoms with Crippen molar-refractivity contribution >= 4 is 17.0 Å². The zero-order valence-electron chi connectivity index (χ0n) is 8.12. The Labute approximate surface area is 82.5 Å². The maximum absolute atomic E-state index is 4.46. The SMILES string of the molecule is CC1CC1Nc1nc2ccccc2[nH]1. The minimum absolute atomic E-state index is 0.621. The van der Waals surface area contributed by atoms with Gasteiger partial charge in [0, 0.05) is 6.04 Å². The van der Waals surface area contributed by atoms with Crippen molar-refractivity contribution in [3.05, 3.63) is 24.3 Å². The van der Waals surface area contributed by atoms with Crippen LogP contribution in [0.4, 0.5) is 5.95 Å². The normalized spacial score (nSPS) is 25.2. The molecule has 3 nitrogen and oxygen atoms in total. The van der Waals surface area contributed by atoms with Crippen molar-refractivity contribution in [3.8, 4) is 0 Å². The first-order valence-corrected chi connectivity index (χ1v) is 5.04. The van der Waals surface area contributed by atoms with Crippen LogP contribution in [0.3, 0.4) is 0 Å². The summed E-state index contributed by atoms with van der Waals surface area (Å²) in [7, 11) is 0. The van der Waals surface area contributed by atoms with Crippen molar-refractivity contribution in [3.63, 3.8) is 0 Å². The van der Waals surface area contributed by atoms with E-state index in [0.29, 0.717) is 6.04 Å². The van der Waals surface area contributed by atoms with E-state index in [1.807, 2.05) is 24.3 Å². The van der Waals surface area contributed by atoms with E-state index in [9.17, 15) is 0 Å². The zero-order valence-corrected chi connectivity index (χ0v) is 8.12. The van der Waals surface area contributed by atoms with Gasteiger partial charge in [-0.2, -0.15) is 0 Å². The number of hydrogen-bond donors (Lipinski definition) is 2. The summed E-state index contributed by atoms with van der Waals surface area (Å²) < 4.78 is 0. The molecule has 1 heterocycles. The fourth-order valence-electron chi connectivity index (χ4n) is 1.72. The second-order valence-electron chi connectivity index (χ2n) is 4.07. The van der Waals surface area contributed by atoms with Gasteiger partial charge in [-0.3, -0.25) is 0 Å². The Hall–Kier alpha value is -1.51. The lowest BCUT2D eigenvalue weighted by Crippen LogP contribution is -2.04. The number of para-hydroxylation sites is 2. The van der Waals surface area contributed by atoms with Gasteiger partial charge in [-0.15, -0.1) is 0 Å². The molecule has 2 atom stereocenters. The molecule has 0 bridgehead atoms. The number of imidazole rings is 1. The summed E-state index contributed by atoms with van der Waals surface area (Å²) in [6, 6.07) is 8.71. The van der Waals surface area contributed by atoms with Crippen molar-refractivity contribution in [1.82, 2.24) is 9.97 Å². The van der Waals surface area contributed by atoms with Crippen LogP contribution in [-0.4, -0.2) is 16.0 Å². The van der Waals surface area contributed by atoms with E-state index in [-0.39, 0.29) is 0 Å². The molecule has 0 amide bonds. The highest BCUT2D eigenvalue weighted by Crippen LogP contribution is 2.32. The van der Waals surface area contributed by atoms with Gasteiger partial charge in [0.15, 0.2) is 0 Å². The second kappa shape index (κ2) is 2.74. The lowest BCUT2D eigenvalue weighted by molar-refractivity contribution is 0.920. The fraction of sp³-hybridized carbons (Fsp3) is 0.364. The zero-order chi connectivity index (χ0) is 9.54. The number of aromatic nitrogens is 2. The van der Waals surface area contributed by atoms with E-state index >= 15 is 0 Å².